The predicted molar refractivity (Wildman–Crippen MR) is 97.5 cm³/mol. The fourth-order valence-electron chi connectivity index (χ4n) is 3.01. The van der Waals surface area contributed by atoms with Crippen LogP contribution >= 0.6 is 11.3 Å². The second-order valence-electron chi connectivity index (χ2n) is 6.40. The first kappa shape index (κ1) is 19.3. The summed E-state index contributed by atoms with van der Waals surface area (Å²) in [6.07, 6.45) is 2.80. The van der Waals surface area contributed by atoms with Crippen LogP contribution in [-0.4, -0.2) is 25.1 Å². The first-order valence-corrected chi connectivity index (χ1v) is 9.42. The molecule has 0 fully saturated rings. The summed E-state index contributed by atoms with van der Waals surface area (Å²) in [5.74, 6) is -0.741. The van der Waals surface area contributed by atoms with E-state index in [1.165, 1.54) is 34.4 Å². The molecule has 1 aromatic carbocycles. The van der Waals surface area contributed by atoms with Crippen molar-refractivity contribution in [2.45, 2.75) is 32.8 Å². The van der Waals surface area contributed by atoms with Crippen molar-refractivity contribution in [2.24, 2.45) is 5.92 Å². The van der Waals surface area contributed by atoms with Gasteiger partial charge in [0.15, 0.2) is 6.61 Å². The van der Waals surface area contributed by atoms with Crippen molar-refractivity contribution in [3.8, 4) is 5.75 Å². The quantitative estimate of drug-likeness (QED) is 0.742. The Labute approximate surface area is 159 Å². The van der Waals surface area contributed by atoms with Crippen LogP contribution in [0.15, 0.2) is 29.6 Å². The lowest BCUT2D eigenvalue weighted by Gasteiger charge is -2.18. The molecule has 1 atom stereocenters. The fraction of sp³-hybridized carbons (Fsp3) is 0.368. The van der Waals surface area contributed by atoms with Gasteiger partial charge in [0, 0.05) is 10.3 Å². The highest BCUT2D eigenvalue weighted by molar-refractivity contribution is 7.10. The summed E-state index contributed by atoms with van der Waals surface area (Å²) in [5, 5.41) is 4.19. The number of nitrogens with one attached hydrogen (secondary N) is 1. The molecule has 1 aliphatic rings. The van der Waals surface area contributed by atoms with Gasteiger partial charge in [0.25, 0.3) is 5.91 Å². The molecule has 1 heterocycles. The molecule has 0 saturated carbocycles. The standard InChI is InChI=1S/C19H19F2NO4S/c1-11-6-7-12-13(10-27-16(12)8-11)18(24)25-9-17(23)22-14-4-2-3-5-15(14)26-19(20)21/h2-5,10-11,19H,6-9H2,1H3,(H,22,23)/t11-/m1/s1. The zero-order valence-electron chi connectivity index (χ0n) is 14.7. The number of carbonyl (C=O) groups excluding carboxylic acids is 2. The molecule has 0 unspecified atom stereocenters. The first-order valence-electron chi connectivity index (χ1n) is 8.54. The normalized spacial score (nSPS) is 15.9. The van der Waals surface area contributed by atoms with Gasteiger partial charge in [-0.15, -0.1) is 11.3 Å². The van der Waals surface area contributed by atoms with E-state index in [0.29, 0.717) is 11.5 Å². The van der Waals surface area contributed by atoms with Crippen molar-refractivity contribution in [2.75, 3.05) is 11.9 Å². The topological polar surface area (TPSA) is 64.6 Å². The van der Waals surface area contributed by atoms with Gasteiger partial charge in [0.1, 0.15) is 5.75 Å². The average molecular weight is 395 g/mol. The van der Waals surface area contributed by atoms with Crippen LogP contribution in [-0.2, 0) is 22.4 Å². The van der Waals surface area contributed by atoms with E-state index in [1.807, 2.05) is 0 Å². The molecule has 1 aliphatic carbocycles. The van der Waals surface area contributed by atoms with Crippen molar-refractivity contribution < 1.29 is 27.8 Å². The monoisotopic (exact) mass is 395 g/mol. The smallest absolute Gasteiger partial charge is 0.387 e. The highest BCUT2D eigenvalue weighted by atomic mass is 32.1. The van der Waals surface area contributed by atoms with Crippen molar-refractivity contribution >= 4 is 28.9 Å². The summed E-state index contributed by atoms with van der Waals surface area (Å²) in [6, 6.07) is 5.81. The van der Waals surface area contributed by atoms with Crippen molar-refractivity contribution in [1.29, 1.82) is 0 Å². The summed E-state index contributed by atoms with van der Waals surface area (Å²) in [7, 11) is 0. The Morgan fingerprint density at radius 1 is 1.33 bits per heavy atom. The molecule has 0 bridgehead atoms. The van der Waals surface area contributed by atoms with Gasteiger partial charge in [-0.2, -0.15) is 8.78 Å². The number of para-hydroxylation sites is 2. The predicted octanol–water partition coefficient (Wildman–Crippen LogP) is 4.27. The van der Waals surface area contributed by atoms with Crippen LogP contribution < -0.4 is 10.1 Å². The zero-order chi connectivity index (χ0) is 19.4. The van der Waals surface area contributed by atoms with E-state index in [-0.39, 0.29) is 11.4 Å². The van der Waals surface area contributed by atoms with Gasteiger partial charge in [0.2, 0.25) is 0 Å². The number of thiophene rings is 1. The van der Waals surface area contributed by atoms with E-state index >= 15 is 0 Å². The van der Waals surface area contributed by atoms with Crippen LogP contribution in [0.25, 0.3) is 0 Å². The van der Waals surface area contributed by atoms with E-state index in [1.54, 1.807) is 11.4 Å². The molecule has 3 rings (SSSR count). The third-order valence-electron chi connectivity index (χ3n) is 4.33. The molecule has 1 amide bonds. The van der Waals surface area contributed by atoms with Crippen molar-refractivity contribution in [3.63, 3.8) is 0 Å². The number of hydrogen-bond acceptors (Lipinski definition) is 5. The van der Waals surface area contributed by atoms with E-state index in [4.69, 9.17) is 4.74 Å². The van der Waals surface area contributed by atoms with Gasteiger partial charge in [-0.05, 0) is 42.9 Å². The summed E-state index contributed by atoms with van der Waals surface area (Å²) in [5.41, 5.74) is 1.61. The lowest BCUT2D eigenvalue weighted by Crippen LogP contribution is -2.22. The van der Waals surface area contributed by atoms with Gasteiger partial charge in [-0.3, -0.25) is 4.79 Å². The van der Waals surface area contributed by atoms with Gasteiger partial charge in [0.05, 0.1) is 11.3 Å². The van der Waals surface area contributed by atoms with E-state index < -0.39 is 25.1 Å². The maximum absolute atomic E-state index is 12.4. The molecule has 5 nitrogen and oxygen atoms in total. The molecule has 0 spiro atoms. The van der Waals surface area contributed by atoms with Crippen LogP contribution in [0, 0.1) is 5.92 Å². The second-order valence-corrected chi connectivity index (χ2v) is 7.36. The number of rotatable bonds is 6. The summed E-state index contributed by atoms with van der Waals surface area (Å²) in [4.78, 5) is 25.5. The number of esters is 1. The molecule has 1 N–H and O–H groups in total. The summed E-state index contributed by atoms with van der Waals surface area (Å²) in [6.45, 7) is -1.34. The van der Waals surface area contributed by atoms with Crippen LogP contribution in [0.1, 0.15) is 34.1 Å². The lowest BCUT2D eigenvalue weighted by molar-refractivity contribution is -0.119. The molecule has 0 saturated heterocycles. The van der Waals surface area contributed by atoms with E-state index in [2.05, 4.69) is 17.0 Å². The van der Waals surface area contributed by atoms with Crippen LogP contribution in [0.2, 0.25) is 0 Å². The second kappa shape index (κ2) is 8.47. The number of amides is 1. The van der Waals surface area contributed by atoms with Gasteiger partial charge < -0.3 is 14.8 Å². The number of halogens is 2. The Morgan fingerprint density at radius 2 is 2.11 bits per heavy atom. The van der Waals surface area contributed by atoms with Crippen LogP contribution in [0.4, 0.5) is 14.5 Å². The minimum Gasteiger partial charge on any atom is -0.452 e. The highest BCUT2D eigenvalue weighted by Gasteiger charge is 2.24. The number of carbonyl (C=O) groups is 2. The fourth-order valence-corrected chi connectivity index (χ4v) is 4.25. The third kappa shape index (κ3) is 4.82. The molecular formula is C19H19F2NO4S. The highest BCUT2D eigenvalue weighted by Crippen LogP contribution is 2.33. The first-order chi connectivity index (χ1) is 12.9. The Balaban J connectivity index is 1.58. The Kier molecular flexibility index (Phi) is 6.05. The number of hydrogen-bond donors (Lipinski definition) is 1. The zero-order valence-corrected chi connectivity index (χ0v) is 15.5. The molecular weight excluding hydrogens is 376 g/mol. The van der Waals surface area contributed by atoms with Crippen LogP contribution in [0.5, 0.6) is 5.75 Å². The number of alkyl halides is 2. The summed E-state index contributed by atoms with van der Waals surface area (Å²) < 4.78 is 34.3. The molecule has 2 aromatic rings. The van der Waals surface area contributed by atoms with E-state index in [0.717, 1.165) is 24.8 Å². The van der Waals surface area contributed by atoms with Gasteiger partial charge in [-0.25, -0.2) is 4.79 Å². The average Bonchev–Trinajstić information content (AvgIpc) is 3.04. The van der Waals surface area contributed by atoms with Gasteiger partial charge in [-0.1, -0.05) is 19.1 Å². The molecule has 1 aromatic heterocycles. The molecule has 0 radical (unpaired) electrons. The maximum Gasteiger partial charge on any atom is 0.387 e. The SMILES string of the molecule is C[C@@H]1CCc2c(C(=O)OCC(=O)Nc3ccccc3OC(F)F)csc2C1. The summed E-state index contributed by atoms with van der Waals surface area (Å²) >= 11 is 1.54. The van der Waals surface area contributed by atoms with Crippen molar-refractivity contribution in [1.82, 2.24) is 0 Å². The molecule has 8 heteroatoms. The Bertz CT molecular complexity index is 837. The van der Waals surface area contributed by atoms with Gasteiger partial charge >= 0.3 is 12.6 Å². The number of ether oxygens (including phenoxy) is 2. The minimum absolute atomic E-state index is 0.0840. The maximum atomic E-state index is 12.4. The molecule has 144 valence electrons. The molecule has 0 aliphatic heterocycles. The Morgan fingerprint density at radius 3 is 2.89 bits per heavy atom. The Hall–Kier alpha value is -2.48. The number of fused-ring (bicyclic) bond motifs is 1. The number of benzene rings is 1. The largest absolute Gasteiger partial charge is 0.452 e. The van der Waals surface area contributed by atoms with Crippen LogP contribution in [0.3, 0.4) is 0 Å². The number of anilines is 1. The minimum atomic E-state index is -3.01. The molecule has 27 heavy (non-hydrogen) atoms. The van der Waals surface area contributed by atoms with E-state index in [9.17, 15) is 18.4 Å². The lowest BCUT2D eigenvalue weighted by atomic mass is 9.88. The third-order valence-corrected chi connectivity index (χ3v) is 5.38. The van der Waals surface area contributed by atoms with Crippen molar-refractivity contribution in [3.05, 3.63) is 45.6 Å².